The van der Waals surface area contributed by atoms with Crippen LogP contribution >= 0.6 is 11.6 Å². The van der Waals surface area contributed by atoms with Gasteiger partial charge in [-0.1, -0.05) is 35.9 Å². The molecule has 1 heterocycles. The molecule has 33 heavy (non-hydrogen) atoms. The molecule has 8 heteroatoms. The van der Waals surface area contributed by atoms with Crippen LogP contribution in [0.15, 0.2) is 53.9 Å². The summed E-state index contributed by atoms with van der Waals surface area (Å²) in [6.45, 7) is 5.12. The summed E-state index contributed by atoms with van der Waals surface area (Å²) in [5.41, 5.74) is 1.95. The first-order valence-corrected chi connectivity index (χ1v) is 13.1. The van der Waals surface area contributed by atoms with Crippen LogP contribution in [0, 0.1) is 5.92 Å². The van der Waals surface area contributed by atoms with Crippen molar-refractivity contribution in [2.45, 2.75) is 45.6 Å². The molecule has 1 aliphatic rings. The highest BCUT2D eigenvalue weighted by Crippen LogP contribution is 2.23. The number of carbonyl (C=O) groups excluding carboxylic acids is 1. The maximum atomic E-state index is 12.4. The molecule has 6 nitrogen and oxygen atoms in total. The number of nitrogens with zero attached hydrogens (tertiary/aromatic N) is 1. The lowest BCUT2D eigenvalue weighted by atomic mass is 9.90. The zero-order valence-electron chi connectivity index (χ0n) is 19.0. The summed E-state index contributed by atoms with van der Waals surface area (Å²) < 4.78 is 32.3. The molecule has 1 fully saturated rings. The third kappa shape index (κ3) is 8.41. The highest BCUT2D eigenvalue weighted by atomic mass is 35.5. The number of hydrogen-bond donors (Lipinski definition) is 1. The lowest BCUT2D eigenvalue weighted by Gasteiger charge is -2.31. The minimum Gasteiger partial charge on any atom is -0.491 e. The fourth-order valence-electron chi connectivity index (χ4n) is 3.76. The Hall–Kier alpha value is -2.51. The van der Waals surface area contributed by atoms with Gasteiger partial charge in [0.1, 0.15) is 5.75 Å². The zero-order valence-corrected chi connectivity index (χ0v) is 20.6. The van der Waals surface area contributed by atoms with E-state index in [9.17, 15) is 13.2 Å². The van der Waals surface area contributed by atoms with Crippen LogP contribution in [-0.2, 0) is 16.4 Å². The van der Waals surface area contributed by atoms with Crippen LogP contribution in [0.5, 0.6) is 5.75 Å². The monoisotopic (exact) mass is 490 g/mol. The quantitative estimate of drug-likeness (QED) is 0.531. The van der Waals surface area contributed by atoms with Crippen molar-refractivity contribution in [2.75, 3.05) is 13.1 Å². The predicted molar refractivity (Wildman–Crippen MR) is 133 cm³/mol. The highest BCUT2D eigenvalue weighted by molar-refractivity contribution is 7.93. The number of nitrogens with one attached hydrogen (secondary N) is 1. The van der Waals surface area contributed by atoms with Crippen molar-refractivity contribution >= 4 is 33.7 Å². The summed E-state index contributed by atoms with van der Waals surface area (Å²) >= 11 is 5.83. The first kappa shape index (κ1) is 25.1. The number of rotatable bonds is 8. The van der Waals surface area contributed by atoms with Gasteiger partial charge in [-0.05, 0) is 86.9 Å². The van der Waals surface area contributed by atoms with Crippen molar-refractivity contribution in [3.05, 3.63) is 70.1 Å². The maximum absolute atomic E-state index is 12.4. The molecule has 0 saturated carbocycles. The van der Waals surface area contributed by atoms with Crippen LogP contribution < -0.4 is 9.46 Å². The lowest BCUT2D eigenvalue weighted by molar-refractivity contribution is 0.173. The summed E-state index contributed by atoms with van der Waals surface area (Å²) in [4.78, 5) is 14.0. The van der Waals surface area contributed by atoms with Crippen LogP contribution in [-0.4, -0.2) is 38.5 Å². The van der Waals surface area contributed by atoms with Crippen molar-refractivity contribution < 1.29 is 17.9 Å². The molecule has 1 aliphatic heterocycles. The highest BCUT2D eigenvalue weighted by Gasteiger charge is 2.24. The Balaban J connectivity index is 1.42. The average molecular weight is 491 g/mol. The number of likely N-dealkylation sites (tertiary alicyclic amines) is 1. The van der Waals surface area contributed by atoms with Gasteiger partial charge in [-0.2, -0.15) is 0 Å². The van der Waals surface area contributed by atoms with Crippen molar-refractivity contribution in [1.82, 2.24) is 9.62 Å². The van der Waals surface area contributed by atoms with Crippen molar-refractivity contribution in [3.63, 3.8) is 0 Å². The van der Waals surface area contributed by atoms with Gasteiger partial charge in [-0.3, -0.25) is 0 Å². The van der Waals surface area contributed by atoms with Gasteiger partial charge >= 0.3 is 6.03 Å². The number of benzene rings is 2. The van der Waals surface area contributed by atoms with Gasteiger partial charge < -0.3 is 9.64 Å². The molecule has 0 spiro atoms. The number of piperidine rings is 1. The number of carbonyl (C=O) groups is 1. The van der Waals surface area contributed by atoms with E-state index >= 15 is 0 Å². The van der Waals surface area contributed by atoms with Crippen LogP contribution in [0.3, 0.4) is 0 Å². The van der Waals surface area contributed by atoms with Gasteiger partial charge in [0.15, 0.2) is 0 Å². The maximum Gasteiger partial charge on any atom is 0.331 e. The Morgan fingerprint density at radius 3 is 2.36 bits per heavy atom. The second-order valence-electron chi connectivity index (χ2n) is 8.59. The normalized spacial score (nSPS) is 15.2. The molecule has 0 radical (unpaired) electrons. The van der Waals surface area contributed by atoms with E-state index in [2.05, 4.69) is 16.9 Å². The third-order valence-electron chi connectivity index (χ3n) is 5.58. The SMILES string of the molecule is CC(C)Oc1ccc(CCC2CCN(C(=O)NS(=O)(=O)/C=C/c3ccc(Cl)cc3)CC2)cc1. The van der Waals surface area contributed by atoms with Gasteiger partial charge in [0, 0.05) is 18.1 Å². The number of amides is 2. The van der Waals surface area contributed by atoms with Crippen molar-refractivity contribution in [3.8, 4) is 5.75 Å². The summed E-state index contributed by atoms with van der Waals surface area (Å²) in [7, 11) is -3.87. The van der Waals surface area contributed by atoms with E-state index in [0.717, 1.165) is 36.8 Å². The molecule has 2 amide bonds. The molecule has 3 rings (SSSR count). The second-order valence-corrected chi connectivity index (χ2v) is 10.6. The molecule has 0 atom stereocenters. The molecule has 1 saturated heterocycles. The molecule has 0 bridgehead atoms. The standard InChI is InChI=1S/C25H31ClN2O4S/c1-19(2)32-24-11-7-20(8-12-24)3-4-22-13-16-28(17-14-22)25(29)27-33(30,31)18-15-21-5-9-23(26)10-6-21/h5-12,15,18-19,22H,3-4,13-14,16-17H2,1-2H3,(H,27,29)/b18-15+. The average Bonchev–Trinajstić information content (AvgIpc) is 2.78. The molecule has 1 N–H and O–H groups in total. The van der Waals surface area contributed by atoms with Gasteiger partial charge in [0.05, 0.1) is 11.5 Å². The zero-order chi connectivity index (χ0) is 23.8. The molecule has 178 valence electrons. The van der Waals surface area contributed by atoms with Crippen molar-refractivity contribution in [2.24, 2.45) is 5.92 Å². The van der Waals surface area contributed by atoms with Crippen molar-refractivity contribution in [1.29, 1.82) is 0 Å². The summed E-state index contributed by atoms with van der Waals surface area (Å²) in [5, 5.41) is 1.57. The first-order chi connectivity index (χ1) is 15.7. The van der Waals surface area contributed by atoms with E-state index in [1.54, 1.807) is 29.2 Å². The number of halogens is 1. The fourth-order valence-corrected chi connectivity index (χ4v) is 4.67. The summed E-state index contributed by atoms with van der Waals surface area (Å²) in [6, 6.07) is 14.4. The van der Waals surface area contributed by atoms with Crippen LogP contribution in [0.2, 0.25) is 5.02 Å². The summed E-state index contributed by atoms with van der Waals surface area (Å²) in [5.74, 6) is 1.40. The van der Waals surface area contributed by atoms with E-state index in [0.29, 0.717) is 29.6 Å². The van der Waals surface area contributed by atoms with Gasteiger partial charge in [0.2, 0.25) is 0 Å². The summed E-state index contributed by atoms with van der Waals surface area (Å²) in [6.07, 6.45) is 5.34. The molecule has 0 aromatic heterocycles. The Morgan fingerprint density at radius 2 is 1.76 bits per heavy atom. The third-order valence-corrected chi connectivity index (χ3v) is 6.78. The Labute approximate surface area is 201 Å². The Bertz CT molecular complexity index is 1040. The van der Waals surface area contributed by atoms with E-state index in [4.69, 9.17) is 16.3 Å². The predicted octanol–water partition coefficient (Wildman–Crippen LogP) is 5.48. The second kappa shape index (κ2) is 11.6. The largest absolute Gasteiger partial charge is 0.491 e. The minimum absolute atomic E-state index is 0.160. The van der Waals surface area contributed by atoms with Crippen LogP contribution in [0.25, 0.3) is 6.08 Å². The van der Waals surface area contributed by atoms with E-state index in [1.807, 2.05) is 26.0 Å². The molecular formula is C25H31ClN2O4S. The lowest BCUT2D eigenvalue weighted by Crippen LogP contribution is -2.46. The number of sulfonamides is 1. The smallest absolute Gasteiger partial charge is 0.331 e. The van der Waals surface area contributed by atoms with Gasteiger partial charge in [-0.15, -0.1) is 0 Å². The Morgan fingerprint density at radius 1 is 1.12 bits per heavy atom. The molecule has 2 aromatic carbocycles. The van der Waals surface area contributed by atoms with E-state index in [-0.39, 0.29) is 6.10 Å². The first-order valence-electron chi connectivity index (χ1n) is 11.2. The van der Waals surface area contributed by atoms with E-state index < -0.39 is 16.1 Å². The van der Waals surface area contributed by atoms with Gasteiger partial charge in [0.25, 0.3) is 10.0 Å². The van der Waals surface area contributed by atoms with E-state index in [1.165, 1.54) is 11.6 Å². The molecule has 2 aromatic rings. The molecule has 0 aliphatic carbocycles. The topological polar surface area (TPSA) is 75.7 Å². The number of ether oxygens (including phenoxy) is 1. The molecule has 0 unspecified atom stereocenters. The van der Waals surface area contributed by atoms with Crippen LogP contribution in [0.4, 0.5) is 4.79 Å². The van der Waals surface area contributed by atoms with Gasteiger partial charge in [-0.25, -0.2) is 17.9 Å². The van der Waals surface area contributed by atoms with Crippen LogP contribution in [0.1, 0.15) is 44.2 Å². The fraction of sp³-hybridized carbons (Fsp3) is 0.400. The number of hydrogen-bond acceptors (Lipinski definition) is 4. The number of urea groups is 1. The Kier molecular flexibility index (Phi) is 8.80. The number of aryl methyl sites for hydroxylation is 1. The minimum atomic E-state index is -3.87. The molecular weight excluding hydrogens is 460 g/mol.